The maximum Gasteiger partial charge on any atom is 0.334 e. The van der Waals surface area contributed by atoms with Gasteiger partial charge >= 0.3 is 5.97 Å². The molecule has 0 heterocycles. The van der Waals surface area contributed by atoms with Crippen molar-refractivity contribution in [3.8, 4) is 0 Å². The zero-order valence-electron chi connectivity index (χ0n) is 5.01. The Morgan fingerprint density at radius 1 is 1.89 bits per heavy atom. The molecular weight excluding hydrogens is 122 g/mol. The van der Waals surface area contributed by atoms with Crippen molar-refractivity contribution in [3.63, 3.8) is 0 Å². The summed E-state index contributed by atoms with van der Waals surface area (Å²) in [7, 11) is 1.21. The Morgan fingerprint density at radius 2 is 2.33 bits per heavy atom. The molecule has 0 unspecified atom stereocenters. The van der Waals surface area contributed by atoms with E-state index in [0.717, 1.165) is 0 Å². The minimum Gasteiger partial charge on any atom is -0.467 e. The van der Waals surface area contributed by atoms with Gasteiger partial charge in [0.05, 0.1) is 7.11 Å². The van der Waals surface area contributed by atoms with Crippen LogP contribution in [0.15, 0.2) is 0 Å². The summed E-state index contributed by atoms with van der Waals surface area (Å²) in [6.07, 6.45) is 0.125. The number of esters is 1. The topological polar surface area (TPSA) is 69.4 Å². The van der Waals surface area contributed by atoms with Gasteiger partial charge in [-0.1, -0.05) is 0 Å². The summed E-state index contributed by atoms with van der Waals surface area (Å²) in [6, 6.07) is 0. The second kappa shape index (κ2) is 1.54. The quantitative estimate of drug-likeness (QED) is 0.357. The van der Waals surface area contributed by atoms with Crippen molar-refractivity contribution >= 4 is 11.8 Å². The van der Waals surface area contributed by atoms with Crippen LogP contribution >= 0.6 is 0 Å². The van der Waals surface area contributed by atoms with Crippen molar-refractivity contribution in [2.24, 2.45) is 5.73 Å². The van der Waals surface area contributed by atoms with Gasteiger partial charge in [0.1, 0.15) is 0 Å². The molecule has 0 aromatic carbocycles. The molecular formula is C5H7NO3. The Balaban J connectivity index is 2.64. The predicted molar refractivity (Wildman–Crippen MR) is 28.6 cm³/mol. The first-order valence-electron chi connectivity index (χ1n) is 2.52. The third-order valence-corrected chi connectivity index (χ3v) is 1.36. The lowest BCUT2D eigenvalue weighted by atomic mass is 10.3. The molecule has 0 radical (unpaired) electrons. The van der Waals surface area contributed by atoms with E-state index in [1.165, 1.54) is 7.11 Å². The predicted octanol–water partition coefficient (Wildman–Crippen LogP) is -1.17. The van der Waals surface area contributed by atoms with Gasteiger partial charge in [0.2, 0.25) is 0 Å². The van der Waals surface area contributed by atoms with Gasteiger partial charge in [-0.3, -0.25) is 4.79 Å². The molecule has 1 aliphatic rings. The normalized spacial score (nSPS) is 32.0. The van der Waals surface area contributed by atoms with Gasteiger partial charge in [0, 0.05) is 6.42 Å². The molecule has 0 saturated heterocycles. The van der Waals surface area contributed by atoms with Gasteiger partial charge in [0.25, 0.3) is 0 Å². The molecule has 0 spiro atoms. The van der Waals surface area contributed by atoms with E-state index in [9.17, 15) is 9.59 Å². The minimum absolute atomic E-state index is 0.125. The van der Waals surface area contributed by atoms with E-state index in [0.29, 0.717) is 0 Å². The van der Waals surface area contributed by atoms with Gasteiger partial charge in [-0.15, -0.1) is 0 Å². The summed E-state index contributed by atoms with van der Waals surface area (Å²) in [5, 5.41) is 0. The van der Waals surface area contributed by atoms with Crippen LogP contribution in [-0.4, -0.2) is 24.4 Å². The van der Waals surface area contributed by atoms with E-state index in [1.807, 2.05) is 0 Å². The molecule has 4 heteroatoms. The number of hydrogen-bond donors (Lipinski definition) is 1. The molecule has 1 saturated carbocycles. The number of rotatable bonds is 1. The Hall–Kier alpha value is -0.900. The van der Waals surface area contributed by atoms with Crippen LogP contribution in [0.4, 0.5) is 0 Å². The maximum atomic E-state index is 10.5. The highest BCUT2D eigenvalue weighted by Gasteiger charge is 2.58. The Labute approximate surface area is 52.0 Å². The summed E-state index contributed by atoms with van der Waals surface area (Å²) < 4.78 is 4.26. The van der Waals surface area contributed by atoms with E-state index >= 15 is 0 Å². The molecule has 0 amide bonds. The number of ether oxygens (including phenoxy) is 1. The highest BCUT2D eigenvalue weighted by Crippen LogP contribution is 2.27. The first-order valence-corrected chi connectivity index (χ1v) is 2.52. The molecule has 0 aromatic heterocycles. The van der Waals surface area contributed by atoms with Gasteiger partial charge in [-0.2, -0.15) is 0 Å². The fourth-order valence-electron chi connectivity index (χ4n) is 0.577. The number of ketones is 1. The first kappa shape index (κ1) is 6.22. The van der Waals surface area contributed by atoms with Crippen LogP contribution in [-0.2, 0) is 14.3 Å². The summed E-state index contributed by atoms with van der Waals surface area (Å²) >= 11 is 0. The number of methoxy groups -OCH3 is 1. The van der Waals surface area contributed by atoms with Crippen molar-refractivity contribution < 1.29 is 14.3 Å². The smallest absolute Gasteiger partial charge is 0.334 e. The summed E-state index contributed by atoms with van der Waals surface area (Å²) in [5.41, 5.74) is 3.94. The third kappa shape index (κ3) is 0.712. The van der Waals surface area contributed by atoms with E-state index in [2.05, 4.69) is 4.74 Å². The van der Waals surface area contributed by atoms with Crippen LogP contribution in [0.1, 0.15) is 6.42 Å². The van der Waals surface area contributed by atoms with Crippen LogP contribution < -0.4 is 5.73 Å². The SMILES string of the molecule is COC(=O)[C@]1(N)CC1=O. The Kier molecular flexibility index (Phi) is 1.06. The fourth-order valence-corrected chi connectivity index (χ4v) is 0.577. The largest absolute Gasteiger partial charge is 0.467 e. The van der Waals surface area contributed by atoms with E-state index in [4.69, 9.17) is 5.73 Å². The fraction of sp³-hybridized carbons (Fsp3) is 0.600. The average Bonchev–Trinajstić information content (AvgIpc) is 2.41. The molecule has 2 N–H and O–H groups in total. The van der Waals surface area contributed by atoms with Crippen molar-refractivity contribution in [1.29, 1.82) is 0 Å². The van der Waals surface area contributed by atoms with Crippen molar-refractivity contribution in [2.75, 3.05) is 7.11 Å². The molecule has 0 bridgehead atoms. The summed E-state index contributed by atoms with van der Waals surface area (Å²) in [4.78, 5) is 20.9. The van der Waals surface area contributed by atoms with E-state index < -0.39 is 11.5 Å². The van der Waals surface area contributed by atoms with Gasteiger partial charge in [0.15, 0.2) is 11.3 Å². The van der Waals surface area contributed by atoms with Gasteiger partial charge in [-0.05, 0) is 0 Å². The molecule has 0 aliphatic heterocycles. The molecule has 50 valence electrons. The van der Waals surface area contributed by atoms with Crippen molar-refractivity contribution in [2.45, 2.75) is 12.0 Å². The van der Waals surface area contributed by atoms with Crippen LogP contribution in [0, 0.1) is 0 Å². The number of carbonyl (C=O) groups is 2. The molecule has 0 aromatic rings. The Bertz CT molecular complexity index is 177. The standard InChI is InChI=1S/C5H7NO3/c1-9-4(8)5(6)2-3(5)7/h2,6H2,1H3/t5-/m0/s1. The van der Waals surface area contributed by atoms with E-state index in [-0.39, 0.29) is 12.2 Å². The summed E-state index contributed by atoms with van der Waals surface area (Å²) in [6.45, 7) is 0. The van der Waals surface area contributed by atoms with Gasteiger partial charge < -0.3 is 10.5 Å². The lowest BCUT2D eigenvalue weighted by Gasteiger charge is -2.00. The third-order valence-electron chi connectivity index (χ3n) is 1.36. The highest BCUT2D eigenvalue weighted by atomic mass is 16.5. The lowest BCUT2D eigenvalue weighted by Crippen LogP contribution is -2.36. The molecule has 1 aliphatic carbocycles. The number of hydrogen-bond acceptors (Lipinski definition) is 4. The number of nitrogens with two attached hydrogens (primary N) is 1. The molecule has 4 nitrogen and oxygen atoms in total. The second-order valence-corrected chi connectivity index (χ2v) is 2.06. The Morgan fingerprint density at radius 3 is 2.44 bits per heavy atom. The number of carbonyl (C=O) groups excluding carboxylic acids is 2. The van der Waals surface area contributed by atoms with Crippen molar-refractivity contribution in [3.05, 3.63) is 0 Å². The zero-order chi connectivity index (χ0) is 7.07. The van der Waals surface area contributed by atoms with E-state index in [1.54, 1.807) is 0 Å². The van der Waals surface area contributed by atoms with Gasteiger partial charge in [-0.25, -0.2) is 4.79 Å². The monoisotopic (exact) mass is 129 g/mol. The van der Waals surface area contributed by atoms with Crippen LogP contribution in [0.2, 0.25) is 0 Å². The average molecular weight is 129 g/mol. The molecule has 9 heavy (non-hydrogen) atoms. The molecule has 1 fully saturated rings. The van der Waals surface area contributed by atoms with Crippen molar-refractivity contribution in [1.82, 2.24) is 0 Å². The summed E-state index contributed by atoms with van der Waals surface area (Å²) in [5.74, 6) is -0.873. The number of Topliss-reactive ketones (excluding diaryl/α,β-unsaturated/α-hetero) is 1. The molecule has 1 rings (SSSR count). The maximum absolute atomic E-state index is 10.5. The second-order valence-electron chi connectivity index (χ2n) is 2.06. The lowest BCUT2D eigenvalue weighted by molar-refractivity contribution is -0.144. The highest BCUT2D eigenvalue weighted by molar-refractivity contribution is 6.22. The first-order chi connectivity index (χ1) is 4.11. The van der Waals surface area contributed by atoms with Crippen LogP contribution in [0.3, 0.4) is 0 Å². The zero-order valence-corrected chi connectivity index (χ0v) is 5.01. The minimum atomic E-state index is -1.28. The van der Waals surface area contributed by atoms with Crippen LogP contribution in [0.25, 0.3) is 0 Å². The molecule has 1 atom stereocenters. The van der Waals surface area contributed by atoms with Crippen LogP contribution in [0.5, 0.6) is 0 Å².